The molecule has 1 heterocycles. The molecular formula is C34H60N4O10. The average Bonchev–Trinajstić information content (AvgIpc) is 3.00. The lowest BCUT2D eigenvalue weighted by atomic mass is 10.0. The maximum Gasteiger partial charge on any atom is 0.331 e. The Morgan fingerprint density at radius 2 is 0.979 bits per heavy atom. The quantitative estimate of drug-likeness (QED) is 0.115. The van der Waals surface area contributed by atoms with Gasteiger partial charge in [0.1, 0.15) is 30.3 Å². The van der Waals surface area contributed by atoms with Crippen molar-refractivity contribution in [2.45, 2.75) is 155 Å². The van der Waals surface area contributed by atoms with Crippen molar-refractivity contribution in [1.82, 2.24) is 21.3 Å². The Hall–Kier alpha value is -3.26. The number of aliphatic hydroxyl groups excluding tert-OH is 2. The molecule has 4 amide bonds. The normalized spacial score (nSPS) is 25.9. The highest BCUT2D eigenvalue weighted by Crippen LogP contribution is 2.17. The second kappa shape index (κ2) is 23.2. The summed E-state index contributed by atoms with van der Waals surface area (Å²) in [4.78, 5) is 79.5. The first-order chi connectivity index (χ1) is 22.7. The molecule has 1 rings (SSSR count). The molecule has 0 bridgehead atoms. The van der Waals surface area contributed by atoms with Gasteiger partial charge >= 0.3 is 11.9 Å². The van der Waals surface area contributed by atoms with Gasteiger partial charge in [0, 0.05) is 0 Å². The Labute approximate surface area is 285 Å². The third-order valence-electron chi connectivity index (χ3n) is 7.94. The number of cyclic esters (lactones) is 2. The maximum atomic E-state index is 13.5. The molecule has 1 aliphatic heterocycles. The van der Waals surface area contributed by atoms with E-state index in [9.17, 15) is 39.0 Å². The van der Waals surface area contributed by atoms with Gasteiger partial charge in [-0.15, -0.1) is 0 Å². The van der Waals surface area contributed by atoms with Gasteiger partial charge in [-0.25, -0.2) is 9.59 Å². The van der Waals surface area contributed by atoms with E-state index in [1.54, 1.807) is 0 Å². The number of hydrogen-bond donors (Lipinski definition) is 6. The van der Waals surface area contributed by atoms with Crippen molar-refractivity contribution >= 4 is 35.6 Å². The van der Waals surface area contributed by atoms with Gasteiger partial charge in [-0.05, 0) is 50.4 Å². The molecule has 14 heteroatoms. The second-order valence-corrected chi connectivity index (χ2v) is 13.5. The topological polar surface area (TPSA) is 209 Å². The molecule has 0 spiro atoms. The zero-order valence-corrected chi connectivity index (χ0v) is 29.7. The lowest BCUT2D eigenvalue weighted by Crippen LogP contribution is -2.55. The van der Waals surface area contributed by atoms with Gasteiger partial charge in [-0.1, -0.05) is 67.2 Å². The van der Waals surface area contributed by atoms with E-state index >= 15 is 0 Å². The molecule has 0 aromatic rings. The number of aliphatic hydroxyl groups is 2. The number of nitrogens with one attached hydrogen (secondary N) is 4. The van der Waals surface area contributed by atoms with Crippen molar-refractivity contribution in [3.8, 4) is 0 Å². The lowest BCUT2D eigenvalue weighted by molar-refractivity contribution is -0.156. The molecule has 6 N–H and O–H groups in total. The fourth-order valence-electron chi connectivity index (χ4n) is 5.37. The summed E-state index contributed by atoms with van der Waals surface area (Å²) in [5.74, 6) is -4.53. The third-order valence-corrected chi connectivity index (χ3v) is 7.94. The standard InChI is InChI=1S/C34H60N4O10/c1-7-9-11-13-23-17-29(41)35-25(15-21(3)4)31(43)38-28(20-40)34(46)48-24(14-12-10-8-2)18-30(42)36-27(19-39)32(44)37-26(16-22(5)6)33(45)47-23/h21-28,39-40H,7-20H2,1-6H3,(H,35,41)(H,36,42)(H,37,44)(H,38,43)/t23-,24-,25-,26-,27-,28-/m0/s1. The highest BCUT2D eigenvalue weighted by Gasteiger charge is 2.33. The molecular weight excluding hydrogens is 624 g/mol. The second-order valence-electron chi connectivity index (χ2n) is 13.5. The lowest BCUT2D eigenvalue weighted by Gasteiger charge is -2.27. The Bertz CT molecular complexity index is 1040. The number of carbonyl (C=O) groups is 6. The first-order valence-corrected chi connectivity index (χ1v) is 17.6. The molecule has 14 nitrogen and oxygen atoms in total. The monoisotopic (exact) mass is 684 g/mol. The molecule has 0 aliphatic carbocycles. The summed E-state index contributed by atoms with van der Waals surface area (Å²) in [6, 6.07) is -5.07. The molecule has 276 valence electrons. The van der Waals surface area contributed by atoms with Gasteiger partial charge in [0.2, 0.25) is 23.6 Å². The van der Waals surface area contributed by atoms with E-state index in [1.807, 2.05) is 41.5 Å². The van der Waals surface area contributed by atoms with Crippen LogP contribution < -0.4 is 21.3 Å². The Morgan fingerprint density at radius 3 is 1.42 bits per heavy atom. The largest absolute Gasteiger partial charge is 0.460 e. The third kappa shape index (κ3) is 16.7. The number of rotatable bonds is 14. The van der Waals surface area contributed by atoms with Crippen LogP contribution in [0.15, 0.2) is 0 Å². The summed E-state index contributed by atoms with van der Waals surface area (Å²) in [5, 5.41) is 30.2. The van der Waals surface area contributed by atoms with E-state index in [1.165, 1.54) is 0 Å². The number of ether oxygens (including phenoxy) is 2. The van der Waals surface area contributed by atoms with Crippen LogP contribution in [0, 0.1) is 11.8 Å². The number of hydrogen-bond acceptors (Lipinski definition) is 10. The molecule has 1 saturated heterocycles. The minimum atomic E-state index is -1.47. The Kier molecular flexibility index (Phi) is 20.6. The van der Waals surface area contributed by atoms with Crippen molar-refractivity contribution in [3.63, 3.8) is 0 Å². The van der Waals surface area contributed by atoms with Crippen molar-refractivity contribution in [2.75, 3.05) is 13.2 Å². The molecule has 0 aromatic carbocycles. The first kappa shape index (κ1) is 42.8. The fourth-order valence-corrected chi connectivity index (χ4v) is 5.37. The van der Waals surface area contributed by atoms with Gasteiger partial charge in [0.25, 0.3) is 0 Å². The Balaban J connectivity index is 3.51. The van der Waals surface area contributed by atoms with Crippen LogP contribution >= 0.6 is 0 Å². The van der Waals surface area contributed by atoms with E-state index in [4.69, 9.17) is 9.47 Å². The van der Waals surface area contributed by atoms with Gasteiger partial charge in [-0.3, -0.25) is 19.2 Å². The van der Waals surface area contributed by atoms with E-state index in [2.05, 4.69) is 21.3 Å². The summed E-state index contributed by atoms with van der Waals surface area (Å²) in [6.45, 7) is 9.87. The zero-order chi connectivity index (χ0) is 36.2. The average molecular weight is 685 g/mol. The molecule has 0 aromatic heterocycles. The zero-order valence-electron chi connectivity index (χ0n) is 29.7. The van der Waals surface area contributed by atoms with Crippen LogP contribution in [0.4, 0.5) is 0 Å². The molecule has 0 radical (unpaired) electrons. The van der Waals surface area contributed by atoms with Crippen molar-refractivity contribution in [1.29, 1.82) is 0 Å². The molecule has 6 atom stereocenters. The predicted molar refractivity (Wildman–Crippen MR) is 178 cm³/mol. The minimum Gasteiger partial charge on any atom is -0.460 e. The van der Waals surface area contributed by atoms with E-state index < -0.39 is 85.2 Å². The highest BCUT2D eigenvalue weighted by molar-refractivity contribution is 5.92. The van der Waals surface area contributed by atoms with Crippen LogP contribution in [0.5, 0.6) is 0 Å². The van der Waals surface area contributed by atoms with Gasteiger partial charge < -0.3 is 41.0 Å². The van der Waals surface area contributed by atoms with Crippen molar-refractivity contribution in [3.05, 3.63) is 0 Å². The predicted octanol–water partition coefficient (Wildman–Crippen LogP) is 1.78. The van der Waals surface area contributed by atoms with Gasteiger partial charge in [-0.2, -0.15) is 0 Å². The number of esters is 2. The minimum absolute atomic E-state index is 0.0334. The number of amides is 4. The number of unbranched alkanes of at least 4 members (excludes halogenated alkanes) is 4. The van der Waals surface area contributed by atoms with E-state index in [0.717, 1.165) is 25.7 Å². The summed E-state index contributed by atoms with van der Waals surface area (Å²) < 4.78 is 11.4. The van der Waals surface area contributed by atoms with Crippen LogP contribution in [0.2, 0.25) is 0 Å². The smallest absolute Gasteiger partial charge is 0.331 e. The molecule has 1 aliphatic rings. The fraction of sp³-hybridized carbons (Fsp3) is 0.824. The summed E-state index contributed by atoms with van der Waals surface area (Å²) in [7, 11) is 0. The van der Waals surface area contributed by atoms with Crippen LogP contribution in [0.3, 0.4) is 0 Å². The van der Waals surface area contributed by atoms with E-state index in [-0.39, 0.29) is 37.5 Å². The summed E-state index contributed by atoms with van der Waals surface area (Å²) >= 11 is 0. The van der Waals surface area contributed by atoms with Crippen molar-refractivity contribution in [2.24, 2.45) is 11.8 Å². The Morgan fingerprint density at radius 1 is 0.583 bits per heavy atom. The SMILES string of the molecule is CCCCC[C@H]1CC(=O)N[C@@H](CO)C(=O)N[C@@H](CC(C)C)C(=O)O[C@@H](CCCCC)CC(=O)N[C@@H](CC(C)C)C(=O)N[C@@H](CO)C(=O)O1. The summed E-state index contributed by atoms with van der Waals surface area (Å²) in [6.07, 6.45) is 3.30. The molecule has 48 heavy (non-hydrogen) atoms. The molecule has 0 unspecified atom stereocenters. The van der Waals surface area contributed by atoms with Crippen LogP contribution in [0.25, 0.3) is 0 Å². The first-order valence-electron chi connectivity index (χ1n) is 17.6. The van der Waals surface area contributed by atoms with Gasteiger partial charge in [0.05, 0.1) is 26.1 Å². The maximum absolute atomic E-state index is 13.5. The van der Waals surface area contributed by atoms with Crippen LogP contribution in [0.1, 0.15) is 119 Å². The molecule has 0 saturated carbocycles. The number of carbonyl (C=O) groups excluding carboxylic acids is 6. The van der Waals surface area contributed by atoms with Crippen LogP contribution in [-0.4, -0.2) is 95.4 Å². The molecule has 1 fully saturated rings. The highest BCUT2D eigenvalue weighted by atomic mass is 16.6. The van der Waals surface area contributed by atoms with E-state index in [0.29, 0.717) is 25.7 Å². The van der Waals surface area contributed by atoms with Crippen molar-refractivity contribution < 1.29 is 48.5 Å². The van der Waals surface area contributed by atoms with Crippen LogP contribution in [-0.2, 0) is 38.2 Å². The van der Waals surface area contributed by atoms with Gasteiger partial charge in [0.15, 0.2) is 6.04 Å². The summed E-state index contributed by atoms with van der Waals surface area (Å²) in [5.41, 5.74) is 0.